The summed E-state index contributed by atoms with van der Waals surface area (Å²) in [6, 6.07) is 15.8. The highest BCUT2D eigenvalue weighted by atomic mass is 16.5. The second-order valence-electron chi connectivity index (χ2n) is 9.21. The maximum absolute atomic E-state index is 13.6. The fraction of sp³-hybridized carbons (Fsp3) is 0.444. The fourth-order valence-electron chi connectivity index (χ4n) is 5.36. The van der Waals surface area contributed by atoms with Crippen molar-refractivity contribution >= 4 is 18.0 Å². The van der Waals surface area contributed by atoms with Crippen molar-refractivity contribution in [3.05, 3.63) is 59.7 Å². The zero-order valence-electron chi connectivity index (χ0n) is 20.2. The van der Waals surface area contributed by atoms with Crippen LogP contribution in [0.25, 0.3) is 11.1 Å². The van der Waals surface area contributed by atoms with E-state index in [1.54, 1.807) is 11.8 Å². The number of rotatable bonds is 9. The lowest BCUT2D eigenvalue weighted by molar-refractivity contribution is -0.144. The average Bonchev–Trinajstić information content (AvgIpc) is 3.44. The third-order valence-corrected chi connectivity index (χ3v) is 7.14. The summed E-state index contributed by atoms with van der Waals surface area (Å²) in [5, 5.41) is 12.0. The number of fused-ring (bicyclic) bond motifs is 3. The molecule has 4 rings (SSSR count). The van der Waals surface area contributed by atoms with Gasteiger partial charge in [-0.2, -0.15) is 0 Å². The molecule has 0 spiro atoms. The predicted octanol–water partition coefficient (Wildman–Crippen LogP) is 3.79. The molecule has 0 bridgehead atoms. The van der Waals surface area contributed by atoms with Crippen molar-refractivity contribution in [2.75, 3.05) is 26.9 Å². The Bertz CT molecular complexity index is 1060. The van der Waals surface area contributed by atoms with Gasteiger partial charge in [0.05, 0.1) is 13.0 Å². The standard InChI is InChI=1S/C27H32N2O6/c1-3-27(17-34-2,25(32)29-14-8-9-18(29)15-24(30)31)28-26(33)35-16-23-21-12-6-4-10-19(21)20-11-5-7-13-22(20)23/h4-7,10-13,18,23H,3,8-9,14-17H2,1-2H3,(H,28,33)(H,30,31)/t18-,27?/m0/s1. The molecule has 2 aliphatic rings. The molecule has 0 saturated carbocycles. The summed E-state index contributed by atoms with van der Waals surface area (Å²) in [6.07, 6.45) is 0.800. The maximum Gasteiger partial charge on any atom is 0.408 e. The van der Waals surface area contributed by atoms with Gasteiger partial charge in [0.15, 0.2) is 0 Å². The van der Waals surface area contributed by atoms with Crippen LogP contribution in [0.3, 0.4) is 0 Å². The van der Waals surface area contributed by atoms with E-state index in [4.69, 9.17) is 9.47 Å². The van der Waals surface area contributed by atoms with Gasteiger partial charge in [-0.05, 0) is 41.5 Å². The molecule has 186 valence electrons. The summed E-state index contributed by atoms with van der Waals surface area (Å²) in [6.45, 7) is 2.34. The summed E-state index contributed by atoms with van der Waals surface area (Å²) in [5.41, 5.74) is 3.13. The molecule has 2 N–H and O–H groups in total. The number of ether oxygens (including phenoxy) is 2. The quantitative estimate of drug-likeness (QED) is 0.566. The van der Waals surface area contributed by atoms with Gasteiger partial charge in [0.25, 0.3) is 5.91 Å². The zero-order valence-corrected chi connectivity index (χ0v) is 20.2. The van der Waals surface area contributed by atoms with Crippen LogP contribution >= 0.6 is 0 Å². The largest absolute Gasteiger partial charge is 0.481 e. The van der Waals surface area contributed by atoms with Gasteiger partial charge in [-0.15, -0.1) is 0 Å². The van der Waals surface area contributed by atoms with Crippen LogP contribution in [0.2, 0.25) is 0 Å². The Morgan fingerprint density at radius 2 is 1.71 bits per heavy atom. The lowest BCUT2D eigenvalue weighted by Crippen LogP contribution is -2.63. The molecule has 0 aromatic heterocycles. The molecule has 35 heavy (non-hydrogen) atoms. The van der Waals surface area contributed by atoms with Gasteiger partial charge in [-0.3, -0.25) is 9.59 Å². The van der Waals surface area contributed by atoms with Crippen LogP contribution in [-0.2, 0) is 19.1 Å². The first-order valence-electron chi connectivity index (χ1n) is 12.0. The Hall–Kier alpha value is -3.39. The first-order chi connectivity index (χ1) is 16.9. The first kappa shape index (κ1) is 24.7. The third kappa shape index (κ3) is 4.89. The molecule has 1 aliphatic carbocycles. The molecule has 1 heterocycles. The topological polar surface area (TPSA) is 105 Å². The molecule has 2 aromatic carbocycles. The number of carbonyl (C=O) groups is 3. The van der Waals surface area contributed by atoms with Crippen molar-refractivity contribution in [1.29, 1.82) is 0 Å². The van der Waals surface area contributed by atoms with Gasteiger partial charge in [-0.25, -0.2) is 4.79 Å². The van der Waals surface area contributed by atoms with Gasteiger partial charge in [0.2, 0.25) is 0 Å². The van der Waals surface area contributed by atoms with Crippen LogP contribution in [0.5, 0.6) is 0 Å². The number of methoxy groups -OCH3 is 1. The van der Waals surface area contributed by atoms with Gasteiger partial charge in [-0.1, -0.05) is 55.5 Å². The maximum atomic E-state index is 13.6. The number of hydrogen-bond acceptors (Lipinski definition) is 5. The van der Waals surface area contributed by atoms with Crippen molar-refractivity contribution in [3.63, 3.8) is 0 Å². The highest BCUT2D eigenvalue weighted by Crippen LogP contribution is 2.44. The van der Waals surface area contributed by atoms with Crippen molar-refractivity contribution in [1.82, 2.24) is 10.2 Å². The highest BCUT2D eigenvalue weighted by Gasteiger charge is 2.45. The van der Waals surface area contributed by atoms with Gasteiger partial charge in [0, 0.05) is 25.6 Å². The van der Waals surface area contributed by atoms with Crippen LogP contribution in [-0.4, -0.2) is 66.4 Å². The predicted molar refractivity (Wildman–Crippen MR) is 130 cm³/mol. The molecular weight excluding hydrogens is 448 g/mol. The van der Waals surface area contributed by atoms with Gasteiger partial charge in [0.1, 0.15) is 12.1 Å². The number of nitrogens with zero attached hydrogens (tertiary/aromatic N) is 1. The van der Waals surface area contributed by atoms with Gasteiger partial charge < -0.3 is 24.8 Å². The Morgan fingerprint density at radius 3 is 2.29 bits per heavy atom. The molecule has 1 fully saturated rings. The Labute approximate surface area is 205 Å². The summed E-state index contributed by atoms with van der Waals surface area (Å²) in [4.78, 5) is 39.4. The number of carboxylic acid groups (broad SMARTS) is 1. The number of nitrogens with one attached hydrogen (secondary N) is 1. The summed E-state index contributed by atoms with van der Waals surface area (Å²) in [5.74, 6) is -1.38. The third-order valence-electron chi connectivity index (χ3n) is 7.14. The van der Waals surface area contributed by atoms with E-state index in [9.17, 15) is 19.5 Å². The van der Waals surface area contributed by atoms with E-state index in [-0.39, 0.29) is 37.9 Å². The molecular formula is C27H32N2O6. The summed E-state index contributed by atoms with van der Waals surface area (Å²) >= 11 is 0. The zero-order chi connectivity index (χ0) is 25.0. The minimum Gasteiger partial charge on any atom is -0.481 e. The number of hydrogen-bond donors (Lipinski definition) is 2. The number of carboxylic acids is 1. The van der Waals surface area contributed by atoms with Crippen LogP contribution in [0, 0.1) is 0 Å². The van der Waals surface area contributed by atoms with E-state index in [1.807, 2.05) is 36.4 Å². The Morgan fingerprint density at radius 1 is 1.09 bits per heavy atom. The molecule has 1 unspecified atom stereocenters. The monoisotopic (exact) mass is 480 g/mol. The van der Waals surface area contributed by atoms with E-state index in [0.717, 1.165) is 28.7 Å². The Balaban J connectivity index is 1.49. The van der Waals surface area contributed by atoms with E-state index in [2.05, 4.69) is 17.4 Å². The number of amides is 2. The number of carbonyl (C=O) groups excluding carboxylic acids is 2. The van der Waals surface area contributed by atoms with Crippen LogP contribution in [0.4, 0.5) is 4.79 Å². The molecule has 2 amide bonds. The molecule has 0 radical (unpaired) electrons. The second-order valence-corrected chi connectivity index (χ2v) is 9.21. The van der Waals surface area contributed by atoms with Crippen molar-refractivity contribution in [3.8, 4) is 11.1 Å². The molecule has 8 heteroatoms. The number of aliphatic carboxylic acids is 1. The molecule has 1 saturated heterocycles. The minimum atomic E-state index is -1.33. The average molecular weight is 481 g/mol. The number of alkyl carbamates (subject to hydrolysis) is 1. The van der Waals surface area contributed by atoms with E-state index in [0.29, 0.717) is 13.0 Å². The lowest BCUT2D eigenvalue weighted by Gasteiger charge is -2.37. The van der Waals surface area contributed by atoms with E-state index in [1.165, 1.54) is 7.11 Å². The van der Waals surface area contributed by atoms with Crippen molar-refractivity contribution in [2.24, 2.45) is 0 Å². The highest BCUT2D eigenvalue weighted by molar-refractivity contribution is 5.91. The second kappa shape index (κ2) is 10.5. The molecule has 2 atom stereocenters. The molecule has 8 nitrogen and oxygen atoms in total. The van der Waals surface area contributed by atoms with Crippen molar-refractivity contribution < 1.29 is 29.0 Å². The van der Waals surface area contributed by atoms with E-state index < -0.39 is 23.6 Å². The number of benzene rings is 2. The summed E-state index contributed by atoms with van der Waals surface area (Å²) < 4.78 is 11.0. The Kier molecular flexibility index (Phi) is 7.40. The fourth-order valence-corrected chi connectivity index (χ4v) is 5.36. The smallest absolute Gasteiger partial charge is 0.408 e. The lowest BCUT2D eigenvalue weighted by atomic mass is 9.94. The molecule has 2 aromatic rings. The van der Waals surface area contributed by atoms with Crippen LogP contribution in [0.1, 0.15) is 49.7 Å². The van der Waals surface area contributed by atoms with E-state index >= 15 is 0 Å². The summed E-state index contributed by atoms with van der Waals surface area (Å²) in [7, 11) is 1.47. The molecule has 1 aliphatic heterocycles. The number of likely N-dealkylation sites (tertiary alicyclic amines) is 1. The minimum absolute atomic E-state index is 0.0389. The normalized spacial score (nSPS) is 18.5. The van der Waals surface area contributed by atoms with Crippen LogP contribution in [0.15, 0.2) is 48.5 Å². The SMILES string of the molecule is CCC(COC)(NC(=O)OCC1c2ccccc2-c2ccccc21)C(=O)N1CCC[C@H]1CC(=O)O. The van der Waals surface area contributed by atoms with Crippen LogP contribution < -0.4 is 5.32 Å². The van der Waals surface area contributed by atoms with Crippen molar-refractivity contribution in [2.45, 2.75) is 50.1 Å². The first-order valence-corrected chi connectivity index (χ1v) is 12.0. The van der Waals surface area contributed by atoms with Gasteiger partial charge >= 0.3 is 12.1 Å².